The maximum absolute atomic E-state index is 10.5. The van der Waals surface area contributed by atoms with E-state index in [1.54, 1.807) is 23.7 Å². The van der Waals surface area contributed by atoms with Crippen molar-refractivity contribution in [2.75, 3.05) is 17.7 Å². The number of nitrogens with zero attached hydrogens (tertiary/aromatic N) is 1. The van der Waals surface area contributed by atoms with E-state index in [-0.39, 0.29) is 11.6 Å². The maximum atomic E-state index is 10.5. The lowest BCUT2D eigenvalue weighted by Crippen LogP contribution is -2.52. The van der Waals surface area contributed by atoms with Gasteiger partial charge in [0, 0.05) is 17.0 Å². The van der Waals surface area contributed by atoms with Crippen molar-refractivity contribution in [2.24, 2.45) is 0 Å². The number of phenolic OH excluding ortho intramolecular Hbond substituents is 1. The van der Waals surface area contributed by atoms with Crippen LogP contribution in [0.5, 0.6) is 5.75 Å². The second-order valence-electron chi connectivity index (χ2n) is 7.93. The first-order chi connectivity index (χ1) is 14.0. The summed E-state index contributed by atoms with van der Waals surface area (Å²) in [5, 5.41) is 10.5. The molecule has 0 fully saturated rings. The van der Waals surface area contributed by atoms with E-state index in [9.17, 15) is 5.11 Å². The number of thioether (sulfide) groups is 1. The Morgan fingerprint density at radius 3 is 2.55 bits per heavy atom. The van der Waals surface area contributed by atoms with Gasteiger partial charge in [0.2, 0.25) is 0 Å². The molecule has 2 rings (SSSR count). The zero-order chi connectivity index (χ0) is 21.3. The molecular weight excluding hydrogens is 396 g/mol. The normalized spacial score (nSPS) is 17.2. The highest BCUT2D eigenvalue weighted by atomic mass is 32.2. The van der Waals surface area contributed by atoms with Crippen molar-refractivity contribution in [2.45, 2.75) is 87.1 Å². The average molecular weight is 435 g/mol. The topological polar surface area (TPSA) is 35.5 Å². The van der Waals surface area contributed by atoms with Crippen LogP contribution in [0.15, 0.2) is 46.7 Å². The van der Waals surface area contributed by atoms with E-state index in [1.807, 2.05) is 18.4 Å². The maximum Gasteiger partial charge on any atom is 0.130 e. The molecule has 1 unspecified atom stereocenters. The average Bonchev–Trinajstić information content (AvgIpc) is 2.87. The molecular formula is C24H38N2OS2. The molecule has 0 bridgehead atoms. The van der Waals surface area contributed by atoms with Crippen LogP contribution < -0.4 is 9.62 Å². The van der Waals surface area contributed by atoms with Crippen molar-refractivity contribution < 1.29 is 5.11 Å². The third-order valence-electron chi connectivity index (χ3n) is 5.66. The van der Waals surface area contributed by atoms with Crippen LogP contribution in [0.1, 0.15) is 65.7 Å². The van der Waals surface area contributed by atoms with Crippen LogP contribution in [-0.4, -0.2) is 29.5 Å². The number of benzene rings is 1. The van der Waals surface area contributed by atoms with Crippen LogP contribution >= 0.6 is 23.7 Å². The number of aromatic hydroxyl groups is 1. The fourth-order valence-corrected chi connectivity index (χ4v) is 5.57. The van der Waals surface area contributed by atoms with Crippen molar-refractivity contribution in [3.63, 3.8) is 0 Å². The molecule has 3 nitrogen and oxygen atoms in total. The van der Waals surface area contributed by atoms with Crippen LogP contribution in [-0.2, 0) is 0 Å². The van der Waals surface area contributed by atoms with Crippen molar-refractivity contribution in [3.8, 4) is 5.75 Å². The minimum atomic E-state index is 0.0614. The lowest BCUT2D eigenvalue weighted by Gasteiger charge is -2.40. The largest absolute Gasteiger partial charge is 0.507 e. The van der Waals surface area contributed by atoms with Gasteiger partial charge in [0.1, 0.15) is 5.75 Å². The first-order valence-corrected chi connectivity index (χ1v) is 12.9. The highest BCUT2D eigenvalue weighted by Crippen LogP contribution is 2.44. The Hall–Kier alpha value is -1.04. The van der Waals surface area contributed by atoms with Gasteiger partial charge in [-0.25, -0.2) is 0 Å². The van der Waals surface area contributed by atoms with Crippen LogP contribution in [0, 0.1) is 0 Å². The molecule has 162 valence electrons. The second-order valence-corrected chi connectivity index (χ2v) is 9.62. The number of rotatable bonds is 11. The number of nitrogens with one attached hydrogen (secondary N) is 1. The number of hydrogen-bond acceptors (Lipinski definition) is 5. The van der Waals surface area contributed by atoms with Crippen molar-refractivity contribution >= 4 is 29.4 Å². The van der Waals surface area contributed by atoms with E-state index in [0.717, 1.165) is 22.8 Å². The van der Waals surface area contributed by atoms with Gasteiger partial charge in [-0.1, -0.05) is 57.8 Å². The Bertz CT molecular complexity index is 682. The van der Waals surface area contributed by atoms with Gasteiger partial charge in [-0.05, 0) is 56.5 Å². The van der Waals surface area contributed by atoms with Gasteiger partial charge in [0.15, 0.2) is 0 Å². The Morgan fingerprint density at radius 2 is 2.00 bits per heavy atom. The molecule has 29 heavy (non-hydrogen) atoms. The summed E-state index contributed by atoms with van der Waals surface area (Å²) in [6.07, 6.45) is 16.6. The molecule has 1 aliphatic rings. The molecule has 0 aromatic heterocycles. The summed E-state index contributed by atoms with van der Waals surface area (Å²) >= 11 is 3.30. The van der Waals surface area contributed by atoms with Gasteiger partial charge >= 0.3 is 0 Å². The molecule has 1 aromatic rings. The summed E-state index contributed by atoms with van der Waals surface area (Å²) in [4.78, 5) is 4.59. The Kier molecular flexibility index (Phi) is 10.0. The van der Waals surface area contributed by atoms with Gasteiger partial charge in [-0.15, -0.1) is 18.3 Å². The van der Waals surface area contributed by atoms with E-state index >= 15 is 0 Å². The zero-order valence-electron chi connectivity index (χ0n) is 18.5. The summed E-state index contributed by atoms with van der Waals surface area (Å²) < 4.78 is 3.86. The summed E-state index contributed by atoms with van der Waals surface area (Å²) in [7, 11) is 0. The Labute approximate surface area is 186 Å². The predicted molar refractivity (Wildman–Crippen MR) is 131 cm³/mol. The lowest BCUT2D eigenvalue weighted by atomic mass is 9.86. The first-order valence-electron chi connectivity index (χ1n) is 10.9. The molecule has 0 amide bonds. The van der Waals surface area contributed by atoms with Gasteiger partial charge in [-0.3, -0.25) is 4.72 Å². The SMILES string of the molecule is C=CCC(/C=C\C)N1CC(CCCC)(CCCC)NSc2cc(O)c(SC)cc21. The molecule has 5 heteroatoms. The summed E-state index contributed by atoms with van der Waals surface area (Å²) in [5.74, 6) is 0.367. The molecule has 1 atom stereocenters. The third-order valence-corrected chi connectivity index (χ3v) is 7.51. The first kappa shape index (κ1) is 24.2. The molecule has 1 aromatic carbocycles. The fraction of sp³-hybridized carbons (Fsp3) is 0.583. The van der Waals surface area contributed by atoms with Crippen LogP contribution in [0.25, 0.3) is 0 Å². The zero-order valence-corrected chi connectivity index (χ0v) is 20.2. The monoisotopic (exact) mass is 434 g/mol. The van der Waals surface area contributed by atoms with E-state index < -0.39 is 0 Å². The van der Waals surface area contributed by atoms with Crippen LogP contribution in [0.3, 0.4) is 0 Å². The number of fused-ring (bicyclic) bond motifs is 1. The number of unbranched alkanes of at least 4 members (excludes halogenated alkanes) is 2. The van der Waals surface area contributed by atoms with Crippen molar-refractivity contribution in [3.05, 3.63) is 36.9 Å². The quantitative estimate of drug-likeness (QED) is 0.219. The standard InChI is InChI=1S/C24H38N2OS2/c1-6-10-14-24(15-11-7-2)18-26(19(12-8-3)13-9-4)20-16-23(28-5)21(27)17-22(20)29-25-24/h8-9,13,16-17,19,25,27H,3,6-7,10-12,14-15,18H2,1-2,4-5H3/b13-9-. The Balaban J connectivity index is 2.56. The highest BCUT2D eigenvalue weighted by molar-refractivity contribution is 7.98. The van der Waals surface area contributed by atoms with Gasteiger partial charge in [0.25, 0.3) is 0 Å². The molecule has 2 N–H and O–H groups in total. The summed E-state index contributed by atoms with van der Waals surface area (Å²) in [6, 6.07) is 4.36. The lowest BCUT2D eigenvalue weighted by molar-refractivity contribution is 0.317. The van der Waals surface area contributed by atoms with Crippen LogP contribution in [0.4, 0.5) is 5.69 Å². The fourth-order valence-electron chi connectivity index (χ4n) is 4.03. The van der Waals surface area contributed by atoms with E-state index in [2.05, 4.69) is 55.2 Å². The Morgan fingerprint density at radius 1 is 1.31 bits per heavy atom. The minimum absolute atomic E-state index is 0.0614. The third kappa shape index (κ3) is 6.22. The molecule has 0 saturated carbocycles. The number of hydrogen-bond donors (Lipinski definition) is 2. The predicted octanol–water partition coefficient (Wildman–Crippen LogP) is 7.17. The van der Waals surface area contributed by atoms with E-state index in [4.69, 9.17) is 0 Å². The van der Waals surface area contributed by atoms with Crippen molar-refractivity contribution in [1.29, 1.82) is 0 Å². The van der Waals surface area contributed by atoms with Gasteiger partial charge < -0.3 is 10.0 Å². The summed E-state index contributed by atoms with van der Waals surface area (Å²) in [6.45, 7) is 11.6. The molecule has 0 aliphatic carbocycles. The number of phenols is 1. The molecule has 0 radical (unpaired) electrons. The van der Waals surface area contributed by atoms with E-state index in [0.29, 0.717) is 5.75 Å². The molecule has 1 heterocycles. The molecule has 1 aliphatic heterocycles. The second kappa shape index (κ2) is 12.0. The molecule has 0 saturated heterocycles. The smallest absolute Gasteiger partial charge is 0.130 e. The number of allylic oxidation sites excluding steroid dienone is 1. The van der Waals surface area contributed by atoms with Crippen molar-refractivity contribution in [1.82, 2.24) is 4.72 Å². The van der Waals surface area contributed by atoms with E-state index in [1.165, 1.54) is 44.2 Å². The minimum Gasteiger partial charge on any atom is -0.507 e. The van der Waals surface area contributed by atoms with Gasteiger partial charge in [0.05, 0.1) is 16.6 Å². The van der Waals surface area contributed by atoms with Crippen LogP contribution in [0.2, 0.25) is 0 Å². The van der Waals surface area contributed by atoms with Gasteiger partial charge in [-0.2, -0.15) is 0 Å². The summed E-state index contributed by atoms with van der Waals surface area (Å²) in [5.41, 5.74) is 1.27. The highest BCUT2D eigenvalue weighted by Gasteiger charge is 2.37. The molecule has 0 spiro atoms. The number of anilines is 1.